The lowest BCUT2D eigenvalue weighted by molar-refractivity contribution is 0.264. The first-order valence-corrected chi connectivity index (χ1v) is 6.42. The summed E-state index contributed by atoms with van der Waals surface area (Å²) in [5.74, 6) is 1.52. The largest absolute Gasteiger partial charge is 0.327 e. The van der Waals surface area contributed by atoms with Gasteiger partial charge in [0, 0.05) is 12.6 Å². The van der Waals surface area contributed by atoms with Crippen LogP contribution in [0.5, 0.6) is 0 Å². The van der Waals surface area contributed by atoms with Crippen LogP contribution in [0.1, 0.15) is 47.0 Å². The first kappa shape index (κ1) is 13.0. The van der Waals surface area contributed by atoms with Gasteiger partial charge >= 0.3 is 0 Å². The Morgan fingerprint density at radius 2 is 2.07 bits per heavy atom. The molecule has 3 unspecified atom stereocenters. The molecule has 3 N–H and O–H groups in total. The molecule has 1 saturated carbocycles. The van der Waals surface area contributed by atoms with E-state index >= 15 is 0 Å². The first-order valence-electron chi connectivity index (χ1n) is 6.42. The molecule has 2 heteroatoms. The van der Waals surface area contributed by atoms with Gasteiger partial charge in [-0.2, -0.15) is 0 Å². The van der Waals surface area contributed by atoms with Crippen molar-refractivity contribution in [3.05, 3.63) is 0 Å². The van der Waals surface area contributed by atoms with Gasteiger partial charge in [0.25, 0.3) is 0 Å². The molecular weight excluding hydrogens is 184 g/mol. The lowest BCUT2D eigenvalue weighted by atomic mass is 9.85. The molecule has 0 aliphatic heterocycles. The fourth-order valence-corrected chi connectivity index (χ4v) is 2.30. The van der Waals surface area contributed by atoms with Crippen LogP contribution in [0.15, 0.2) is 0 Å². The zero-order valence-electron chi connectivity index (χ0n) is 10.8. The molecule has 1 rings (SSSR count). The van der Waals surface area contributed by atoms with Crippen LogP contribution in [0, 0.1) is 17.3 Å². The molecule has 0 amide bonds. The van der Waals surface area contributed by atoms with Crippen molar-refractivity contribution in [1.82, 2.24) is 5.32 Å². The molecule has 1 fully saturated rings. The molecule has 0 bridgehead atoms. The van der Waals surface area contributed by atoms with Crippen molar-refractivity contribution < 1.29 is 0 Å². The normalized spacial score (nSPS) is 33.6. The number of hydrogen-bond donors (Lipinski definition) is 2. The fourth-order valence-electron chi connectivity index (χ4n) is 2.30. The molecule has 1 aliphatic carbocycles. The third-order valence-corrected chi connectivity index (χ3v) is 4.29. The molecule has 90 valence electrons. The molecule has 0 spiro atoms. The summed E-state index contributed by atoms with van der Waals surface area (Å²) in [5.41, 5.74) is 6.49. The summed E-state index contributed by atoms with van der Waals surface area (Å²) in [6, 6.07) is 0.402. The first-order chi connectivity index (χ1) is 6.96. The van der Waals surface area contributed by atoms with Crippen LogP contribution in [0.2, 0.25) is 0 Å². The highest BCUT2D eigenvalue weighted by molar-refractivity contribution is 4.92. The van der Waals surface area contributed by atoms with Gasteiger partial charge in [0.1, 0.15) is 0 Å². The maximum Gasteiger partial charge on any atom is 0.0105 e. The molecule has 0 heterocycles. The Bertz CT molecular complexity index is 191. The maximum absolute atomic E-state index is 6.15. The van der Waals surface area contributed by atoms with Crippen LogP contribution in [0.4, 0.5) is 0 Å². The molecule has 0 aromatic heterocycles. The van der Waals surface area contributed by atoms with Crippen molar-refractivity contribution in [2.24, 2.45) is 23.0 Å². The van der Waals surface area contributed by atoms with Gasteiger partial charge in [-0.1, -0.05) is 34.1 Å². The van der Waals surface area contributed by atoms with Crippen LogP contribution < -0.4 is 11.1 Å². The van der Waals surface area contributed by atoms with Gasteiger partial charge in [-0.3, -0.25) is 0 Å². The molecular formula is C13H28N2. The minimum atomic E-state index is 0.344. The Hall–Kier alpha value is -0.0800. The lowest BCUT2D eigenvalue weighted by Crippen LogP contribution is -2.43. The van der Waals surface area contributed by atoms with Crippen LogP contribution in [0.25, 0.3) is 0 Å². The summed E-state index contributed by atoms with van der Waals surface area (Å²) < 4.78 is 0. The second-order valence-electron chi connectivity index (χ2n) is 6.00. The Morgan fingerprint density at radius 1 is 1.40 bits per heavy atom. The molecule has 0 aromatic carbocycles. The minimum Gasteiger partial charge on any atom is -0.327 e. The van der Waals surface area contributed by atoms with Gasteiger partial charge in [-0.25, -0.2) is 0 Å². The van der Waals surface area contributed by atoms with Crippen molar-refractivity contribution >= 4 is 0 Å². The molecule has 2 nitrogen and oxygen atoms in total. The zero-order chi connectivity index (χ0) is 11.5. The van der Waals surface area contributed by atoms with E-state index in [9.17, 15) is 0 Å². The van der Waals surface area contributed by atoms with E-state index < -0.39 is 0 Å². The van der Waals surface area contributed by atoms with Crippen LogP contribution in [-0.4, -0.2) is 19.1 Å². The third kappa shape index (κ3) is 3.46. The topological polar surface area (TPSA) is 38.0 Å². The van der Waals surface area contributed by atoms with Crippen molar-refractivity contribution in [2.45, 2.75) is 53.0 Å². The van der Waals surface area contributed by atoms with Crippen molar-refractivity contribution in [2.75, 3.05) is 13.1 Å². The number of rotatable bonds is 5. The number of hydrogen-bond acceptors (Lipinski definition) is 2. The molecule has 3 atom stereocenters. The summed E-state index contributed by atoms with van der Waals surface area (Å²) >= 11 is 0. The molecule has 0 saturated heterocycles. The van der Waals surface area contributed by atoms with E-state index in [0.29, 0.717) is 11.5 Å². The highest BCUT2D eigenvalue weighted by atomic mass is 14.9. The molecule has 0 radical (unpaired) electrons. The quantitative estimate of drug-likeness (QED) is 0.734. The summed E-state index contributed by atoms with van der Waals surface area (Å²) in [6.45, 7) is 11.4. The third-order valence-electron chi connectivity index (χ3n) is 4.29. The Balaban J connectivity index is 2.25. The SMILES string of the molecule is CC(C)C(C)CNCC1(C)CCCC1N. The second kappa shape index (κ2) is 5.31. The van der Waals surface area contributed by atoms with Crippen LogP contribution >= 0.6 is 0 Å². The van der Waals surface area contributed by atoms with Gasteiger partial charge in [0.15, 0.2) is 0 Å². The smallest absolute Gasteiger partial charge is 0.0105 e. The highest BCUT2D eigenvalue weighted by Crippen LogP contribution is 2.35. The van der Waals surface area contributed by atoms with Gasteiger partial charge in [0.05, 0.1) is 0 Å². The fraction of sp³-hybridized carbons (Fsp3) is 1.00. The maximum atomic E-state index is 6.15. The minimum absolute atomic E-state index is 0.344. The van der Waals surface area contributed by atoms with E-state index in [1.165, 1.54) is 19.3 Å². The van der Waals surface area contributed by atoms with Crippen molar-refractivity contribution in [3.8, 4) is 0 Å². The van der Waals surface area contributed by atoms with E-state index in [1.54, 1.807) is 0 Å². The second-order valence-corrected chi connectivity index (χ2v) is 6.00. The summed E-state index contributed by atoms with van der Waals surface area (Å²) in [7, 11) is 0. The summed E-state index contributed by atoms with van der Waals surface area (Å²) in [5, 5.41) is 3.60. The van der Waals surface area contributed by atoms with E-state index in [1.807, 2.05) is 0 Å². The van der Waals surface area contributed by atoms with E-state index in [2.05, 4.69) is 33.0 Å². The van der Waals surface area contributed by atoms with Crippen molar-refractivity contribution in [3.63, 3.8) is 0 Å². The van der Waals surface area contributed by atoms with E-state index in [-0.39, 0.29) is 0 Å². The number of nitrogens with two attached hydrogens (primary N) is 1. The van der Waals surface area contributed by atoms with Gasteiger partial charge in [0.2, 0.25) is 0 Å². The predicted molar refractivity (Wildman–Crippen MR) is 66.8 cm³/mol. The Kier molecular flexibility index (Phi) is 4.60. The van der Waals surface area contributed by atoms with Gasteiger partial charge < -0.3 is 11.1 Å². The van der Waals surface area contributed by atoms with Crippen LogP contribution in [-0.2, 0) is 0 Å². The molecule has 0 aromatic rings. The van der Waals surface area contributed by atoms with Crippen molar-refractivity contribution in [1.29, 1.82) is 0 Å². The Labute approximate surface area is 95.0 Å². The van der Waals surface area contributed by atoms with Gasteiger partial charge in [-0.15, -0.1) is 0 Å². The monoisotopic (exact) mass is 212 g/mol. The number of nitrogens with one attached hydrogen (secondary N) is 1. The summed E-state index contributed by atoms with van der Waals surface area (Å²) in [4.78, 5) is 0. The average molecular weight is 212 g/mol. The molecule has 1 aliphatic rings. The van der Waals surface area contributed by atoms with Crippen LogP contribution in [0.3, 0.4) is 0 Å². The van der Waals surface area contributed by atoms with E-state index in [4.69, 9.17) is 5.73 Å². The highest BCUT2D eigenvalue weighted by Gasteiger charge is 2.35. The van der Waals surface area contributed by atoms with Gasteiger partial charge in [-0.05, 0) is 36.6 Å². The average Bonchev–Trinajstić information content (AvgIpc) is 2.47. The molecule has 15 heavy (non-hydrogen) atoms. The zero-order valence-corrected chi connectivity index (χ0v) is 10.8. The lowest BCUT2D eigenvalue weighted by Gasteiger charge is -2.30. The Morgan fingerprint density at radius 3 is 2.53 bits per heavy atom. The van der Waals surface area contributed by atoms with E-state index in [0.717, 1.165) is 24.9 Å². The summed E-state index contributed by atoms with van der Waals surface area (Å²) in [6.07, 6.45) is 3.80. The predicted octanol–water partition coefficient (Wildman–Crippen LogP) is 2.39. The standard InChI is InChI=1S/C13H28N2/c1-10(2)11(3)8-15-9-13(4)7-5-6-12(13)14/h10-12,15H,5-9,14H2,1-4H3.